The minimum atomic E-state index is -1.19. The first kappa shape index (κ1) is 22.6. The average molecular weight is 476 g/mol. The Labute approximate surface area is 201 Å². The van der Waals surface area contributed by atoms with Gasteiger partial charge in [0.2, 0.25) is 0 Å². The first-order valence-electron chi connectivity index (χ1n) is 11.4. The summed E-state index contributed by atoms with van der Waals surface area (Å²) in [5, 5.41) is 6.12. The van der Waals surface area contributed by atoms with Gasteiger partial charge in [0, 0.05) is 19.3 Å². The van der Waals surface area contributed by atoms with Crippen molar-refractivity contribution in [1.82, 2.24) is 9.38 Å². The Morgan fingerprint density at radius 3 is 2.31 bits per heavy atom. The number of carbonyl (C=O) groups is 2. The predicted molar refractivity (Wildman–Crippen MR) is 130 cm³/mol. The molecule has 0 N–H and O–H groups in total. The number of hydrogen-bond donors (Lipinski definition) is 0. The number of rotatable bonds is 5. The number of ether oxygens (including phenoxy) is 2. The zero-order valence-electron chi connectivity index (χ0n) is 19.5. The normalized spacial score (nSPS) is 19.7. The Balaban J connectivity index is 1.79. The van der Waals surface area contributed by atoms with Gasteiger partial charge in [0.1, 0.15) is 22.9 Å². The molecule has 10 heteroatoms. The summed E-state index contributed by atoms with van der Waals surface area (Å²) in [6.07, 6.45) is 3.55. The number of hydrazone groups is 1. The summed E-state index contributed by atoms with van der Waals surface area (Å²) in [5.41, 5.74) is 1.000. The lowest BCUT2D eigenvalue weighted by Crippen LogP contribution is -2.46. The van der Waals surface area contributed by atoms with Crippen LogP contribution in [0.25, 0.3) is 5.65 Å². The molecule has 2 atom stereocenters. The molecular formula is C25H25N5O5. The van der Waals surface area contributed by atoms with Crippen LogP contribution in [0.4, 0.5) is 11.5 Å². The minimum Gasteiger partial charge on any atom is -0.468 e. The van der Waals surface area contributed by atoms with Crippen LogP contribution in [0.5, 0.6) is 0 Å². The van der Waals surface area contributed by atoms with Gasteiger partial charge in [-0.05, 0) is 37.1 Å². The van der Waals surface area contributed by atoms with Crippen molar-refractivity contribution in [1.29, 1.82) is 0 Å². The maximum absolute atomic E-state index is 13.9. The van der Waals surface area contributed by atoms with Gasteiger partial charge >= 0.3 is 11.9 Å². The second-order valence-electron chi connectivity index (χ2n) is 8.37. The van der Waals surface area contributed by atoms with Crippen LogP contribution in [-0.2, 0) is 19.1 Å². The standard InChI is InChI=1S/C25H25N5O5/c1-34-24(32)18-20(27-30(21(18)25(33)35-2)16-10-4-3-5-11-16)19-22(28-13-8-9-14-28)26-17-12-6-7-15-29(17)23(19)31/h3-7,10-12,15,18,21H,8-9,13-14H2,1-2H3/t18-,21-/m1/s1. The predicted octanol–water partition coefficient (Wildman–Crippen LogP) is 1.85. The maximum atomic E-state index is 13.9. The molecule has 2 aliphatic rings. The molecule has 0 unspecified atom stereocenters. The molecule has 0 aliphatic carbocycles. The van der Waals surface area contributed by atoms with Crippen molar-refractivity contribution in [2.75, 3.05) is 37.2 Å². The largest absolute Gasteiger partial charge is 0.468 e. The SMILES string of the molecule is COC(=O)[C@@H]1C(c2c(N3CCCC3)nc3ccccn3c2=O)=NN(c2ccccc2)[C@H]1C(=O)OC. The third-order valence-electron chi connectivity index (χ3n) is 6.38. The molecule has 0 spiro atoms. The maximum Gasteiger partial charge on any atom is 0.332 e. The fraction of sp³-hybridized carbons (Fsp3) is 0.320. The molecule has 3 aromatic rings. The van der Waals surface area contributed by atoms with Crippen LogP contribution in [0.2, 0.25) is 0 Å². The molecule has 1 fully saturated rings. The van der Waals surface area contributed by atoms with E-state index < -0.39 is 23.9 Å². The Bertz CT molecular complexity index is 1360. The summed E-state index contributed by atoms with van der Waals surface area (Å²) in [4.78, 5) is 46.8. The van der Waals surface area contributed by atoms with Crippen molar-refractivity contribution < 1.29 is 19.1 Å². The van der Waals surface area contributed by atoms with E-state index in [-0.39, 0.29) is 16.8 Å². The number of carbonyl (C=O) groups excluding carboxylic acids is 2. The third-order valence-corrected chi connectivity index (χ3v) is 6.38. The van der Waals surface area contributed by atoms with E-state index in [1.165, 1.54) is 23.6 Å². The summed E-state index contributed by atoms with van der Waals surface area (Å²) in [6.45, 7) is 1.45. The van der Waals surface area contributed by atoms with Crippen molar-refractivity contribution >= 4 is 34.8 Å². The summed E-state index contributed by atoms with van der Waals surface area (Å²) in [7, 11) is 2.49. The van der Waals surface area contributed by atoms with E-state index in [4.69, 9.17) is 19.6 Å². The molecule has 4 heterocycles. The van der Waals surface area contributed by atoms with Gasteiger partial charge < -0.3 is 14.4 Å². The lowest BCUT2D eigenvalue weighted by Gasteiger charge is -2.25. The van der Waals surface area contributed by atoms with Gasteiger partial charge in [0.25, 0.3) is 5.56 Å². The number of nitrogens with zero attached hydrogens (tertiary/aromatic N) is 5. The Morgan fingerprint density at radius 1 is 0.943 bits per heavy atom. The van der Waals surface area contributed by atoms with Crippen molar-refractivity contribution in [3.8, 4) is 0 Å². The molecule has 35 heavy (non-hydrogen) atoms. The lowest BCUT2D eigenvalue weighted by atomic mass is 9.91. The topological polar surface area (TPSA) is 106 Å². The molecular weight excluding hydrogens is 450 g/mol. The Morgan fingerprint density at radius 2 is 1.63 bits per heavy atom. The highest BCUT2D eigenvalue weighted by Gasteiger charge is 2.50. The van der Waals surface area contributed by atoms with E-state index in [0.29, 0.717) is 17.2 Å². The van der Waals surface area contributed by atoms with Gasteiger partial charge in [-0.15, -0.1) is 0 Å². The zero-order chi connectivity index (χ0) is 24.5. The van der Waals surface area contributed by atoms with Gasteiger partial charge in [0.05, 0.1) is 25.6 Å². The van der Waals surface area contributed by atoms with E-state index in [9.17, 15) is 14.4 Å². The molecule has 180 valence electrons. The number of aromatic nitrogens is 2. The molecule has 0 bridgehead atoms. The molecule has 0 radical (unpaired) electrons. The summed E-state index contributed by atoms with van der Waals surface area (Å²) < 4.78 is 11.6. The minimum absolute atomic E-state index is 0.133. The van der Waals surface area contributed by atoms with E-state index in [0.717, 1.165) is 25.9 Å². The molecule has 1 aromatic carbocycles. The smallest absolute Gasteiger partial charge is 0.332 e. The Kier molecular flexibility index (Phi) is 5.94. The highest BCUT2D eigenvalue weighted by Crippen LogP contribution is 2.34. The van der Waals surface area contributed by atoms with E-state index in [1.807, 2.05) is 17.0 Å². The van der Waals surface area contributed by atoms with Gasteiger partial charge in [-0.1, -0.05) is 24.3 Å². The van der Waals surface area contributed by atoms with E-state index in [1.54, 1.807) is 42.6 Å². The first-order valence-corrected chi connectivity index (χ1v) is 11.4. The zero-order valence-corrected chi connectivity index (χ0v) is 19.5. The van der Waals surface area contributed by atoms with Crippen LogP contribution in [0, 0.1) is 5.92 Å². The number of benzene rings is 1. The van der Waals surface area contributed by atoms with Crippen molar-refractivity contribution in [2.45, 2.75) is 18.9 Å². The van der Waals surface area contributed by atoms with Crippen LogP contribution >= 0.6 is 0 Å². The van der Waals surface area contributed by atoms with Crippen molar-refractivity contribution in [2.24, 2.45) is 11.0 Å². The highest BCUT2D eigenvalue weighted by atomic mass is 16.5. The Hall–Kier alpha value is -4.21. The van der Waals surface area contributed by atoms with Gasteiger partial charge in [-0.2, -0.15) is 5.10 Å². The third kappa shape index (κ3) is 3.80. The average Bonchev–Trinajstić information content (AvgIpc) is 3.57. The first-order chi connectivity index (χ1) is 17.0. The highest BCUT2D eigenvalue weighted by molar-refractivity contribution is 6.19. The number of methoxy groups -OCH3 is 2. The van der Waals surface area contributed by atoms with E-state index in [2.05, 4.69) is 0 Å². The molecule has 0 saturated carbocycles. The monoisotopic (exact) mass is 475 g/mol. The number of fused-ring (bicyclic) bond motifs is 1. The number of para-hydroxylation sites is 1. The molecule has 2 aromatic heterocycles. The van der Waals surface area contributed by atoms with E-state index >= 15 is 0 Å². The molecule has 5 rings (SSSR count). The number of pyridine rings is 1. The van der Waals surface area contributed by atoms with Crippen LogP contribution in [0.3, 0.4) is 0 Å². The molecule has 2 aliphatic heterocycles. The summed E-state index contributed by atoms with van der Waals surface area (Å²) in [5.74, 6) is -2.10. The van der Waals surface area contributed by atoms with Crippen LogP contribution in [0.1, 0.15) is 18.4 Å². The number of hydrogen-bond acceptors (Lipinski definition) is 9. The molecule has 10 nitrogen and oxygen atoms in total. The second-order valence-corrected chi connectivity index (χ2v) is 8.37. The molecule has 1 saturated heterocycles. The summed E-state index contributed by atoms with van der Waals surface area (Å²) in [6, 6.07) is 13.1. The quantitative estimate of drug-likeness (QED) is 0.515. The van der Waals surface area contributed by atoms with Gasteiger partial charge in [-0.3, -0.25) is 14.0 Å². The second kappa shape index (κ2) is 9.21. The number of esters is 2. The lowest BCUT2D eigenvalue weighted by molar-refractivity contribution is -0.150. The van der Waals surface area contributed by atoms with Gasteiger partial charge in [-0.25, -0.2) is 14.8 Å². The fourth-order valence-corrected chi connectivity index (χ4v) is 4.72. The van der Waals surface area contributed by atoms with Crippen molar-refractivity contribution in [3.63, 3.8) is 0 Å². The van der Waals surface area contributed by atoms with Crippen LogP contribution in [0.15, 0.2) is 64.6 Å². The number of anilines is 2. The van der Waals surface area contributed by atoms with Gasteiger partial charge in [0.15, 0.2) is 6.04 Å². The van der Waals surface area contributed by atoms with Crippen molar-refractivity contribution in [3.05, 3.63) is 70.6 Å². The fourth-order valence-electron chi connectivity index (χ4n) is 4.72. The van der Waals surface area contributed by atoms with Crippen LogP contribution in [-0.4, -0.2) is 60.4 Å². The summed E-state index contributed by atoms with van der Waals surface area (Å²) >= 11 is 0. The molecule has 0 amide bonds. The van der Waals surface area contributed by atoms with Crippen LogP contribution < -0.4 is 15.5 Å².